The predicted molar refractivity (Wildman–Crippen MR) is 112 cm³/mol. The molecule has 5 aromatic rings. The average Bonchev–Trinajstić information content (AvgIpc) is 2.75. The van der Waals surface area contributed by atoms with Crippen LogP contribution in [0, 0.1) is 0 Å². The number of pyridine rings is 2. The Bertz CT molecular complexity index is 1230. The van der Waals surface area contributed by atoms with E-state index in [-0.39, 0.29) is 0 Å². The maximum absolute atomic E-state index is 4.65. The van der Waals surface area contributed by atoms with E-state index in [2.05, 4.69) is 88.1 Å². The van der Waals surface area contributed by atoms with Crippen LogP contribution in [0.3, 0.4) is 0 Å². The number of hydrogen-bond donors (Lipinski definition) is 1. The highest BCUT2D eigenvalue weighted by Crippen LogP contribution is 2.26. The molecule has 1 N–H and O–H groups in total. The molecule has 2 heterocycles. The number of nitrogens with zero attached hydrogens (tertiary/aromatic N) is 2. The van der Waals surface area contributed by atoms with Gasteiger partial charge in [-0.05, 0) is 35.4 Å². The molecular weight excluding hydrogens is 330 g/mol. The smallest absolute Gasteiger partial charge is 0.0966 e. The third kappa shape index (κ3) is 3.00. The summed E-state index contributed by atoms with van der Waals surface area (Å²) in [5.41, 5.74) is 6.29. The number of nitrogens with one attached hydrogen (secondary N) is 1. The fourth-order valence-electron chi connectivity index (χ4n) is 3.35. The molecule has 27 heavy (non-hydrogen) atoms. The maximum Gasteiger partial charge on any atom is 0.0966 e. The Morgan fingerprint density at radius 1 is 0.556 bits per heavy atom. The molecule has 0 amide bonds. The van der Waals surface area contributed by atoms with Gasteiger partial charge in [0.25, 0.3) is 0 Å². The minimum Gasteiger partial charge on any atom is -0.354 e. The highest BCUT2D eigenvalue weighted by molar-refractivity contribution is 6.03. The summed E-state index contributed by atoms with van der Waals surface area (Å²) >= 11 is 0. The Morgan fingerprint density at radius 3 is 2.15 bits per heavy atom. The Morgan fingerprint density at radius 2 is 1.30 bits per heavy atom. The summed E-state index contributed by atoms with van der Waals surface area (Å²) in [6.45, 7) is 0. The van der Waals surface area contributed by atoms with Gasteiger partial charge in [-0.3, -0.25) is 9.97 Å². The van der Waals surface area contributed by atoms with Gasteiger partial charge >= 0.3 is 0 Å². The highest BCUT2D eigenvalue weighted by Gasteiger charge is 2.04. The van der Waals surface area contributed by atoms with Crippen LogP contribution < -0.4 is 5.32 Å². The lowest BCUT2D eigenvalue weighted by Gasteiger charge is -2.09. The third-order valence-electron chi connectivity index (χ3n) is 4.70. The van der Waals surface area contributed by atoms with Crippen molar-refractivity contribution in [3.8, 4) is 11.1 Å². The molecule has 5 rings (SSSR count). The molecule has 128 valence electrons. The first-order valence-corrected chi connectivity index (χ1v) is 8.93. The van der Waals surface area contributed by atoms with Crippen LogP contribution in [0.5, 0.6) is 0 Å². The summed E-state index contributed by atoms with van der Waals surface area (Å²) < 4.78 is 0. The van der Waals surface area contributed by atoms with E-state index in [0.29, 0.717) is 0 Å². The van der Waals surface area contributed by atoms with Gasteiger partial charge in [-0.1, -0.05) is 60.7 Å². The van der Waals surface area contributed by atoms with Crippen LogP contribution in [0.1, 0.15) is 0 Å². The van der Waals surface area contributed by atoms with Crippen LogP contribution in [-0.2, 0) is 0 Å². The second-order valence-corrected chi connectivity index (χ2v) is 6.50. The second kappa shape index (κ2) is 6.54. The zero-order valence-electron chi connectivity index (χ0n) is 14.6. The summed E-state index contributed by atoms with van der Waals surface area (Å²) in [6.07, 6.45) is 3.67. The molecule has 3 nitrogen and oxygen atoms in total. The Labute approximate surface area is 157 Å². The van der Waals surface area contributed by atoms with Crippen molar-refractivity contribution in [3.63, 3.8) is 0 Å². The number of aromatic nitrogens is 2. The molecule has 0 saturated heterocycles. The van der Waals surface area contributed by atoms with E-state index in [4.69, 9.17) is 0 Å². The summed E-state index contributed by atoms with van der Waals surface area (Å²) in [4.78, 5) is 9.12. The van der Waals surface area contributed by atoms with Crippen molar-refractivity contribution in [1.82, 2.24) is 9.97 Å². The molecule has 3 heteroatoms. The normalized spacial score (nSPS) is 11.0. The molecule has 0 fully saturated rings. The van der Waals surface area contributed by atoms with Gasteiger partial charge < -0.3 is 5.32 Å². The quantitative estimate of drug-likeness (QED) is 0.395. The van der Waals surface area contributed by atoms with E-state index in [9.17, 15) is 0 Å². The first-order valence-electron chi connectivity index (χ1n) is 8.93. The Balaban J connectivity index is 1.45. The monoisotopic (exact) mass is 347 g/mol. The molecule has 3 aromatic carbocycles. The lowest BCUT2D eigenvalue weighted by Crippen LogP contribution is -1.92. The Kier molecular flexibility index (Phi) is 3.76. The van der Waals surface area contributed by atoms with Crippen LogP contribution in [0.2, 0.25) is 0 Å². The van der Waals surface area contributed by atoms with Gasteiger partial charge in [-0.2, -0.15) is 0 Å². The van der Waals surface area contributed by atoms with Gasteiger partial charge in [0.2, 0.25) is 0 Å². The molecule has 0 spiro atoms. The molecule has 0 aliphatic carbocycles. The lowest BCUT2D eigenvalue weighted by atomic mass is 10.1. The van der Waals surface area contributed by atoms with Gasteiger partial charge in [-0.15, -0.1) is 0 Å². The molecule has 0 radical (unpaired) electrons. The van der Waals surface area contributed by atoms with Crippen LogP contribution in [-0.4, -0.2) is 9.97 Å². The third-order valence-corrected chi connectivity index (χ3v) is 4.70. The van der Waals surface area contributed by atoms with E-state index in [1.807, 2.05) is 24.5 Å². The Hall–Kier alpha value is -3.72. The molecule has 0 unspecified atom stereocenters. The van der Waals surface area contributed by atoms with Gasteiger partial charge in [0.1, 0.15) is 0 Å². The van der Waals surface area contributed by atoms with Crippen molar-refractivity contribution in [2.45, 2.75) is 0 Å². The first kappa shape index (κ1) is 15.5. The summed E-state index contributed by atoms with van der Waals surface area (Å²) in [5, 5.41) is 5.62. The van der Waals surface area contributed by atoms with Gasteiger partial charge in [0, 0.05) is 22.7 Å². The zero-order chi connectivity index (χ0) is 18.1. The van der Waals surface area contributed by atoms with Gasteiger partial charge in [0.15, 0.2) is 0 Å². The van der Waals surface area contributed by atoms with E-state index in [1.54, 1.807) is 0 Å². The van der Waals surface area contributed by atoms with Crippen molar-refractivity contribution in [3.05, 3.63) is 97.3 Å². The summed E-state index contributed by atoms with van der Waals surface area (Å²) in [6, 6.07) is 29.1. The molecule has 0 bridgehead atoms. The number of rotatable bonds is 3. The van der Waals surface area contributed by atoms with Crippen LogP contribution in [0.4, 0.5) is 11.4 Å². The fraction of sp³-hybridized carbons (Fsp3) is 0. The van der Waals surface area contributed by atoms with Crippen molar-refractivity contribution in [2.75, 3.05) is 5.32 Å². The van der Waals surface area contributed by atoms with Crippen molar-refractivity contribution < 1.29 is 0 Å². The van der Waals surface area contributed by atoms with Crippen LogP contribution in [0.25, 0.3) is 32.9 Å². The second-order valence-electron chi connectivity index (χ2n) is 6.50. The molecule has 2 aromatic heterocycles. The number of hydrogen-bond acceptors (Lipinski definition) is 3. The van der Waals surface area contributed by atoms with Crippen molar-refractivity contribution in [2.24, 2.45) is 0 Å². The summed E-state index contributed by atoms with van der Waals surface area (Å²) in [5.74, 6) is 0. The molecule has 0 saturated carbocycles. The van der Waals surface area contributed by atoms with Crippen molar-refractivity contribution in [1.29, 1.82) is 0 Å². The number of anilines is 2. The van der Waals surface area contributed by atoms with Gasteiger partial charge in [-0.25, -0.2) is 0 Å². The molecular formula is C24H17N3. The molecule has 0 aliphatic rings. The topological polar surface area (TPSA) is 37.8 Å². The van der Waals surface area contributed by atoms with Crippen molar-refractivity contribution >= 4 is 33.2 Å². The highest BCUT2D eigenvalue weighted by atomic mass is 14.9. The summed E-state index contributed by atoms with van der Waals surface area (Å²) in [7, 11) is 0. The standard InChI is InChI=1S/C24H17N3/c1-2-5-17(6-3-1)18-10-12-21(13-11-18)27-22-15-20-9-8-19-7-4-14-25-23(19)24(20)26-16-22/h1-16,27H. The SMILES string of the molecule is c1ccc(-c2ccc(Nc3cnc4c(ccc5cccnc54)c3)cc2)cc1. The number of fused-ring (bicyclic) bond motifs is 3. The first-order chi connectivity index (χ1) is 13.4. The van der Waals surface area contributed by atoms with E-state index in [1.165, 1.54) is 11.1 Å². The maximum atomic E-state index is 4.65. The minimum atomic E-state index is 0.929. The van der Waals surface area contributed by atoms with Crippen LogP contribution in [0.15, 0.2) is 97.3 Å². The molecule has 0 aliphatic heterocycles. The average molecular weight is 347 g/mol. The van der Waals surface area contributed by atoms with Crippen LogP contribution >= 0.6 is 0 Å². The molecule has 0 atom stereocenters. The lowest BCUT2D eigenvalue weighted by molar-refractivity contribution is 1.37. The van der Waals surface area contributed by atoms with E-state index >= 15 is 0 Å². The largest absolute Gasteiger partial charge is 0.354 e. The predicted octanol–water partition coefficient (Wildman–Crippen LogP) is 6.19. The van der Waals surface area contributed by atoms with E-state index in [0.717, 1.165) is 33.2 Å². The fourth-order valence-corrected chi connectivity index (χ4v) is 3.35. The minimum absolute atomic E-state index is 0.929. The number of benzene rings is 3. The zero-order valence-corrected chi connectivity index (χ0v) is 14.6. The van der Waals surface area contributed by atoms with Gasteiger partial charge in [0.05, 0.1) is 22.9 Å². The van der Waals surface area contributed by atoms with E-state index < -0.39 is 0 Å².